The highest BCUT2D eigenvalue weighted by atomic mass is 16.5. The van der Waals surface area contributed by atoms with E-state index >= 15 is 0 Å². The lowest BCUT2D eigenvalue weighted by Crippen LogP contribution is -1.92. The molecule has 0 unspecified atom stereocenters. The molecule has 21 heavy (non-hydrogen) atoms. The first-order valence-electron chi connectivity index (χ1n) is 7.03. The number of rotatable bonds is 3. The van der Waals surface area contributed by atoms with Crippen molar-refractivity contribution in [3.63, 3.8) is 0 Å². The molecule has 0 fully saturated rings. The van der Waals surface area contributed by atoms with E-state index in [4.69, 9.17) is 4.52 Å². The Kier molecular flexibility index (Phi) is 3.33. The van der Waals surface area contributed by atoms with E-state index in [1.807, 2.05) is 37.7 Å². The number of nitrogens with zero attached hydrogens (tertiary/aromatic N) is 4. The fourth-order valence-electron chi connectivity index (χ4n) is 2.41. The topological polar surface area (TPSA) is 56.7 Å². The van der Waals surface area contributed by atoms with Crippen LogP contribution in [0.3, 0.4) is 0 Å². The summed E-state index contributed by atoms with van der Waals surface area (Å²) >= 11 is 0. The Hall–Kier alpha value is -2.43. The highest BCUT2D eigenvalue weighted by Gasteiger charge is 2.18. The minimum Gasteiger partial charge on any atom is -0.333 e. The highest BCUT2D eigenvalue weighted by molar-refractivity contribution is 5.63. The zero-order chi connectivity index (χ0) is 15.0. The van der Waals surface area contributed by atoms with Crippen LogP contribution in [0.2, 0.25) is 0 Å². The maximum atomic E-state index is 5.42. The molecule has 5 heteroatoms. The minimum absolute atomic E-state index is 0.521. The third kappa shape index (κ3) is 2.35. The van der Waals surface area contributed by atoms with Crippen molar-refractivity contribution in [2.75, 3.05) is 0 Å². The van der Waals surface area contributed by atoms with E-state index in [1.54, 1.807) is 0 Å². The molecule has 2 aromatic heterocycles. The van der Waals surface area contributed by atoms with Crippen LogP contribution < -0.4 is 0 Å². The molecule has 0 aliphatic rings. The van der Waals surface area contributed by atoms with Crippen LogP contribution >= 0.6 is 0 Å². The first kappa shape index (κ1) is 13.5. The van der Waals surface area contributed by atoms with Gasteiger partial charge in [0.05, 0.1) is 11.3 Å². The average Bonchev–Trinajstić information content (AvgIpc) is 3.05. The van der Waals surface area contributed by atoms with Crippen molar-refractivity contribution in [3.05, 3.63) is 41.2 Å². The van der Waals surface area contributed by atoms with Gasteiger partial charge < -0.3 is 4.52 Å². The third-order valence-electron chi connectivity index (χ3n) is 3.77. The molecule has 3 rings (SSSR count). The Morgan fingerprint density at radius 1 is 1.14 bits per heavy atom. The largest absolute Gasteiger partial charge is 0.333 e. The standard InChI is InChI=1S/C16H18N4O/c1-5-12-6-8-13(9-7-12)15-17-16(21-19-15)14-10(2)18-20(4)11(14)3/h6-9H,5H2,1-4H3. The van der Waals surface area contributed by atoms with Gasteiger partial charge in [-0.1, -0.05) is 36.3 Å². The summed E-state index contributed by atoms with van der Waals surface area (Å²) in [4.78, 5) is 4.51. The monoisotopic (exact) mass is 282 g/mol. The maximum absolute atomic E-state index is 5.42. The first-order valence-corrected chi connectivity index (χ1v) is 7.03. The number of hydrogen-bond acceptors (Lipinski definition) is 4. The van der Waals surface area contributed by atoms with Crippen LogP contribution in [0.1, 0.15) is 23.9 Å². The lowest BCUT2D eigenvalue weighted by atomic mass is 10.1. The summed E-state index contributed by atoms with van der Waals surface area (Å²) in [6.45, 7) is 6.08. The van der Waals surface area contributed by atoms with Crippen LogP contribution in [0.5, 0.6) is 0 Å². The lowest BCUT2D eigenvalue weighted by Gasteiger charge is -1.97. The van der Waals surface area contributed by atoms with E-state index < -0.39 is 0 Å². The Morgan fingerprint density at radius 2 is 1.86 bits per heavy atom. The molecule has 0 aliphatic carbocycles. The zero-order valence-electron chi connectivity index (χ0n) is 12.7. The molecule has 0 spiro atoms. The van der Waals surface area contributed by atoms with Gasteiger partial charge in [0, 0.05) is 18.3 Å². The minimum atomic E-state index is 0.521. The highest BCUT2D eigenvalue weighted by Crippen LogP contribution is 2.27. The van der Waals surface area contributed by atoms with Crippen LogP contribution in [0.4, 0.5) is 0 Å². The van der Waals surface area contributed by atoms with Crippen molar-refractivity contribution in [2.45, 2.75) is 27.2 Å². The van der Waals surface area contributed by atoms with Gasteiger partial charge in [-0.15, -0.1) is 0 Å². The summed E-state index contributed by atoms with van der Waals surface area (Å²) in [5.41, 5.74) is 5.08. The molecule has 0 atom stereocenters. The quantitative estimate of drug-likeness (QED) is 0.739. The Balaban J connectivity index is 1.99. The van der Waals surface area contributed by atoms with E-state index in [2.05, 4.69) is 34.3 Å². The molecule has 0 amide bonds. The predicted octanol–water partition coefficient (Wildman–Crippen LogP) is 3.32. The van der Waals surface area contributed by atoms with Gasteiger partial charge in [0.15, 0.2) is 0 Å². The summed E-state index contributed by atoms with van der Waals surface area (Å²) in [6, 6.07) is 8.23. The van der Waals surface area contributed by atoms with Crippen molar-refractivity contribution in [3.8, 4) is 22.8 Å². The second-order valence-electron chi connectivity index (χ2n) is 5.14. The van der Waals surface area contributed by atoms with Gasteiger partial charge in [-0.25, -0.2) is 0 Å². The molecule has 0 N–H and O–H groups in total. The molecular weight excluding hydrogens is 264 g/mol. The molecule has 5 nitrogen and oxygen atoms in total. The molecule has 1 aromatic carbocycles. The van der Waals surface area contributed by atoms with Crippen LogP contribution in [0.25, 0.3) is 22.8 Å². The fourth-order valence-corrected chi connectivity index (χ4v) is 2.41. The summed E-state index contributed by atoms with van der Waals surface area (Å²) in [6.07, 6.45) is 1.02. The van der Waals surface area contributed by atoms with Crippen LogP contribution in [-0.2, 0) is 13.5 Å². The fraction of sp³-hybridized carbons (Fsp3) is 0.312. The van der Waals surface area contributed by atoms with E-state index in [9.17, 15) is 0 Å². The number of aromatic nitrogens is 4. The molecular formula is C16H18N4O. The van der Waals surface area contributed by atoms with Crippen molar-refractivity contribution in [1.29, 1.82) is 0 Å². The first-order chi connectivity index (χ1) is 10.1. The third-order valence-corrected chi connectivity index (χ3v) is 3.77. The Morgan fingerprint density at radius 3 is 2.43 bits per heavy atom. The Bertz CT molecular complexity index is 768. The van der Waals surface area contributed by atoms with Gasteiger partial charge in [-0.2, -0.15) is 10.1 Å². The van der Waals surface area contributed by atoms with Crippen molar-refractivity contribution < 1.29 is 4.52 Å². The molecule has 108 valence electrons. The molecule has 0 saturated heterocycles. The molecule has 2 heterocycles. The van der Waals surface area contributed by atoms with Crippen LogP contribution in [-0.4, -0.2) is 19.9 Å². The van der Waals surface area contributed by atoms with Crippen molar-refractivity contribution in [2.24, 2.45) is 7.05 Å². The van der Waals surface area contributed by atoms with Crippen molar-refractivity contribution in [1.82, 2.24) is 19.9 Å². The van der Waals surface area contributed by atoms with Crippen molar-refractivity contribution >= 4 is 0 Å². The van der Waals surface area contributed by atoms with Gasteiger partial charge in [0.1, 0.15) is 0 Å². The average molecular weight is 282 g/mol. The van der Waals surface area contributed by atoms with E-state index in [0.717, 1.165) is 28.9 Å². The van der Waals surface area contributed by atoms with Gasteiger partial charge in [-0.3, -0.25) is 4.68 Å². The van der Waals surface area contributed by atoms with Gasteiger partial charge >= 0.3 is 0 Å². The summed E-state index contributed by atoms with van der Waals surface area (Å²) in [5, 5.41) is 8.47. The zero-order valence-corrected chi connectivity index (χ0v) is 12.7. The van der Waals surface area contributed by atoms with E-state index in [1.165, 1.54) is 5.56 Å². The van der Waals surface area contributed by atoms with Gasteiger partial charge in [0.25, 0.3) is 5.89 Å². The summed E-state index contributed by atoms with van der Waals surface area (Å²) < 4.78 is 7.25. The molecule has 0 saturated carbocycles. The summed E-state index contributed by atoms with van der Waals surface area (Å²) in [5.74, 6) is 1.13. The number of benzene rings is 1. The van der Waals surface area contributed by atoms with E-state index in [-0.39, 0.29) is 0 Å². The SMILES string of the molecule is CCc1ccc(-c2noc(-c3c(C)nn(C)c3C)n2)cc1. The van der Waals surface area contributed by atoms with Crippen LogP contribution in [0.15, 0.2) is 28.8 Å². The van der Waals surface area contributed by atoms with Gasteiger partial charge in [0.2, 0.25) is 5.82 Å². The molecule has 0 radical (unpaired) electrons. The van der Waals surface area contributed by atoms with Crippen LogP contribution in [0, 0.1) is 13.8 Å². The molecule has 0 bridgehead atoms. The number of hydrogen-bond donors (Lipinski definition) is 0. The smallest absolute Gasteiger partial charge is 0.261 e. The number of aryl methyl sites for hydroxylation is 3. The second-order valence-corrected chi connectivity index (χ2v) is 5.14. The maximum Gasteiger partial charge on any atom is 0.261 e. The van der Waals surface area contributed by atoms with Gasteiger partial charge in [-0.05, 0) is 25.8 Å². The normalized spacial score (nSPS) is 11.0. The lowest BCUT2D eigenvalue weighted by molar-refractivity contribution is 0.432. The Labute approximate surface area is 123 Å². The van der Waals surface area contributed by atoms with E-state index in [0.29, 0.717) is 11.7 Å². The second kappa shape index (κ2) is 5.16. The molecule has 0 aliphatic heterocycles. The molecule has 3 aromatic rings. The predicted molar refractivity (Wildman–Crippen MR) is 80.8 cm³/mol. The summed E-state index contributed by atoms with van der Waals surface area (Å²) in [7, 11) is 1.91.